The first-order valence-corrected chi connectivity index (χ1v) is 9.21. The second kappa shape index (κ2) is 7.54. The average Bonchev–Trinajstić information content (AvgIpc) is 3.06. The van der Waals surface area contributed by atoms with Gasteiger partial charge in [0.2, 0.25) is 0 Å². The van der Waals surface area contributed by atoms with E-state index in [1.54, 1.807) is 18.0 Å². The normalized spacial score (nSPS) is 15.7. The Morgan fingerprint density at radius 2 is 2.04 bits per heavy atom. The highest BCUT2D eigenvalue weighted by atomic mass is 16.6. The molecule has 2 aromatic heterocycles. The first-order valence-electron chi connectivity index (χ1n) is 9.21. The van der Waals surface area contributed by atoms with E-state index >= 15 is 0 Å². The third-order valence-electron chi connectivity index (χ3n) is 4.54. The SMILES string of the molecule is Cc1noc(-c2cccnc2N2CCC(N(C)C(=O)OC(C)(C)C)CC2)n1. The van der Waals surface area contributed by atoms with E-state index in [4.69, 9.17) is 9.26 Å². The summed E-state index contributed by atoms with van der Waals surface area (Å²) < 4.78 is 10.8. The average molecular weight is 373 g/mol. The van der Waals surface area contributed by atoms with Crippen LogP contribution in [0.4, 0.5) is 10.6 Å². The number of rotatable bonds is 3. The number of aromatic nitrogens is 3. The van der Waals surface area contributed by atoms with Crippen LogP contribution in [0.2, 0.25) is 0 Å². The van der Waals surface area contributed by atoms with Gasteiger partial charge in [0.15, 0.2) is 5.82 Å². The van der Waals surface area contributed by atoms with Crippen molar-refractivity contribution in [1.29, 1.82) is 0 Å². The van der Waals surface area contributed by atoms with Gasteiger partial charge in [-0.2, -0.15) is 4.98 Å². The van der Waals surface area contributed by atoms with Gasteiger partial charge in [0, 0.05) is 32.4 Å². The van der Waals surface area contributed by atoms with Gasteiger partial charge in [-0.25, -0.2) is 9.78 Å². The van der Waals surface area contributed by atoms with Crippen molar-refractivity contribution >= 4 is 11.9 Å². The molecular formula is C19H27N5O3. The van der Waals surface area contributed by atoms with Gasteiger partial charge in [0.25, 0.3) is 5.89 Å². The molecular weight excluding hydrogens is 346 g/mol. The van der Waals surface area contributed by atoms with Gasteiger partial charge in [0.1, 0.15) is 11.4 Å². The fraction of sp³-hybridized carbons (Fsp3) is 0.579. The Hall–Kier alpha value is -2.64. The highest BCUT2D eigenvalue weighted by Crippen LogP contribution is 2.30. The minimum atomic E-state index is -0.489. The summed E-state index contributed by atoms with van der Waals surface area (Å²) >= 11 is 0. The summed E-state index contributed by atoms with van der Waals surface area (Å²) in [7, 11) is 1.81. The van der Waals surface area contributed by atoms with Crippen LogP contribution in [-0.2, 0) is 4.74 Å². The zero-order valence-electron chi connectivity index (χ0n) is 16.6. The second-order valence-electron chi connectivity index (χ2n) is 7.83. The van der Waals surface area contributed by atoms with Crippen molar-refractivity contribution in [3.63, 3.8) is 0 Å². The Morgan fingerprint density at radius 1 is 1.33 bits per heavy atom. The standard InChI is InChI=1S/C19H27N5O3/c1-13-21-17(27-22-13)15-7-6-10-20-16(15)24-11-8-14(9-12-24)23(5)18(25)26-19(2,3)4/h6-7,10,14H,8-9,11-12H2,1-5H3. The molecule has 8 heteroatoms. The van der Waals surface area contributed by atoms with Crippen molar-refractivity contribution in [2.45, 2.75) is 52.2 Å². The molecule has 0 atom stereocenters. The second-order valence-corrected chi connectivity index (χ2v) is 7.83. The van der Waals surface area contributed by atoms with Crippen LogP contribution in [0.25, 0.3) is 11.5 Å². The number of hydrogen-bond donors (Lipinski definition) is 0. The highest BCUT2D eigenvalue weighted by Gasteiger charge is 2.30. The molecule has 1 aliphatic rings. The zero-order valence-corrected chi connectivity index (χ0v) is 16.6. The quantitative estimate of drug-likeness (QED) is 0.816. The number of anilines is 1. The van der Waals surface area contributed by atoms with Gasteiger partial charge in [0.05, 0.1) is 5.56 Å². The van der Waals surface area contributed by atoms with Crippen molar-refractivity contribution < 1.29 is 14.1 Å². The van der Waals surface area contributed by atoms with Crippen LogP contribution in [0.1, 0.15) is 39.4 Å². The minimum Gasteiger partial charge on any atom is -0.444 e. The predicted octanol–water partition coefficient (Wildman–Crippen LogP) is 3.28. The van der Waals surface area contributed by atoms with Crippen LogP contribution < -0.4 is 4.90 Å². The van der Waals surface area contributed by atoms with E-state index < -0.39 is 5.60 Å². The Morgan fingerprint density at radius 3 is 2.63 bits per heavy atom. The van der Waals surface area contributed by atoms with Crippen LogP contribution in [0, 0.1) is 6.92 Å². The van der Waals surface area contributed by atoms with Gasteiger partial charge < -0.3 is 19.1 Å². The van der Waals surface area contributed by atoms with Crippen molar-refractivity contribution in [2.24, 2.45) is 0 Å². The van der Waals surface area contributed by atoms with Crippen molar-refractivity contribution in [1.82, 2.24) is 20.0 Å². The van der Waals surface area contributed by atoms with Gasteiger partial charge >= 0.3 is 6.09 Å². The summed E-state index contributed by atoms with van der Waals surface area (Å²) in [5, 5.41) is 3.87. The molecule has 0 aromatic carbocycles. The lowest BCUT2D eigenvalue weighted by Gasteiger charge is -2.38. The summed E-state index contributed by atoms with van der Waals surface area (Å²) in [6, 6.07) is 3.95. The fourth-order valence-electron chi connectivity index (χ4n) is 3.17. The number of ether oxygens (including phenoxy) is 1. The molecule has 0 bridgehead atoms. The van der Waals surface area contributed by atoms with Gasteiger partial charge in [-0.1, -0.05) is 5.16 Å². The lowest BCUT2D eigenvalue weighted by atomic mass is 10.0. The maximum absolute atomic E-state index is 12.3. The van der Waals surface area contributed by atoms with Crippen LogP contribution in [0.5, 0.6) is 0 Å². The van der Waals surface area contributed by atoms with Crippen LogP contribution >= 0.6 is 0 Å². The molecule has 1 aliphatic heterocycles. The minimum absolute atomic E-state index is 0.147. The summed E-state index contributed by atoms with van der Waals surface area (Å²) in [6.45, 7) is 9.00. The molecule has 0 radical (unpaired) electrons. The summed E-state index contributed by atoms with van der Waals surface area (Å²) in [6.07, 6.45) is 3.17. The number of piperidine rings is 1. The monoisotopic (exact) mass is 373 g/mol. The number of carbonyl (C=O) groups excluding carboxylic acids is 1. The molecule has 27 heavy (non-hydrogen) atoms. The maximum Gasteiger partial charge on any atom is 0.410 e. The zero-order chi connectivity index (χ0) is 19.6. The number of carbonyl (C=O) groups is 1. The number of amides is 1. The Bertz CT molecular complexity index is 791. The predicted molar refractivity (Wildman–Crippen MR) is 101 cm³/mol. The third-order valence-corrected chi connectivity index (χ3v) is 4.54. The number of aryl methyl sites for hydroxylation is 1. The van der Waals surface area contributed by atoms with Gasteiger partial charge in [-0.15, -0.1) is 0 Å². The maximum atomic E-state index is 12.3. The molecule has 0 N–H and O–H groups in total. The molecule has 1 saturated heterocycles. The van der Waals surface area contributed by atoms with Crippen LogP contribution in [-0.4, -0.2) is 57.9 Å². The lowest BCUT2D eigenvalue weighted by molar-refractivity contribution is 0.0201. The molecule has 8 nitrogen and oxygen atoms in total. The Labute approximate surface area is 159 Å². The van der Waals surface area contributed by atoms with Crippen molar-refractivity contribution in [3.8, 4) is 11.5 Å². The molecule has 1 amide bonds. The van der Waals surface area contributed by atoms with E-state index in [0.29, 0.717) is 11.7 Å². The molecule has 0 saturated carbocycles. The molecule has 1 fully saturated rings. The first-order chi connectivity index (χ1) is 12.7. The van der Waals surface area contributed by atoms with Crippen molar-refractivity contribution in [2.75, 3.05) is 25.0 Å². The molecule has 2 aromatic rings. The Balaban J connectivity index is 1.67. The summed E-state index contributed by atoms with van der Waals surface area (Å²) in [5.41, 5.74) is 0.342. The summed E-state index contributed by atoms with van der Waals surface area (Å²) in [5.74, 6) is 1.90. The van der Waals surface area contributed by atoms with Gasteiger partial charge in [-0.05, 0) is 52.7 Å². The van der Waals surface area contributed by atoms with E-state index in [2.05, 4.69) is 20.0 Å². The smallest absolute Gasteiger partial charge is 0.410 e. The summed E-state index contributed by atoms with van der Waals surface area (Å²) in [4.78, 5) is 25.1. The first kappa shape index (κ1) is 19.1. The number of hydrogen-bond acceptors (Lipinski definition) is 7. The van der Waals surface area contributed by atoms with E-state index in [9.17, 15) is 4.79 Å². The third kappa shape index (κ3) is 4.56. The van der Waals surface area contributed by atoms with Crippen molar-refractivity contribution in [3.05, 3.63) is 24.2 Å². The van der Waals surface area contributed by atoms with Crippen LogP contribution in [0.15, 0.2) is 22.9 Å². The molecule has 3 heterocycles. The fourth-order valence-corrected chi connectivity index (χ4v) is 3.17. The molecule has 3 rings (SSSR count). The van der Waals surface area contributed by atoms with Gasteiger partial charge in [-0.3, -0.25) is 0 Å². The molecule has 0 aliphatic carbocycles. The number of nitrogens with zero attached hydrogens (tertiary/aromatic N) is 5. The van der Waals surface area contributed by atoms with E-state index in [0.717, 1.165) is 37.3 Å². The van der Waals surface area contributed by atoms with E-state index in [1.807, 2.05) is 40.0 Å². The molecule has 0 spiro atoms. The highest BCUT2D eigenvalue weighted by molar-refractivity contribution is 5.70. The number of pyridine rings is 1. The molecule has 146 valence electrons. The van der Waals surface area contributed by atoms with E-state index in [-0.39, 0.29) is 12.1 Å². The lowest BCUT2D eigenvalue weighted by Crippen LogP contribution is -2.47. The van der Waals surface area contributed by atoms with Crippen LogP contribution in [0.3, 0.4) is 0 Å². The Kier molecular flexibility index (Phi) is 5.34. The van der Waals surface area contributed by atoms with E-state index in [1.165, 1.54) is 0 Å². The largest absolute Gasteiger partial charge is 0.444 e. The molecule has 0 unspecified atom stereocenters. The topological polar surface area (TPSA) is 84.6 Å².